The van der Waals surface area contributed by atoms with Gasteiger partial charge in [-0.15, -0.1) is 0 Å². The summed E-state index contributed by atoms with van der Waals surface area (Å²) >= 11 is 0. The molecule has 1 aliphatic rings. The molecule has 1 aliphatic carbocycles. The second-order valence-electron chi connectivity index (χ2n) is 5.27. The molecule has 4 heteroatoms. The Labute approximate surface area is 116 Å². The van der Waals surface area contributed by atoms with E-state index in [2.05, 4.69) is 15.3 Å². The molecule has 0 amide bonds. The maximum absolute atomic E-state index is 5.52. The molecule has 4 nitrogen and oxygen atoms in total. The molecule has 0 bridgehead atoms. The maximum atomic E-state index is 5.52. The van der Waals surface area contributed by atoms with Gasteiger partial charge in [0.15, 0.2) is 0 Å². The van der Waals surface area contributed by atoms with E-state index in [1.165, 1.54) is 44.9 Å². The van der Waals surface area contributed by atoms with Crippen LogP contribution in [-0.4, -0.2) is 22.6 Å². The molecule has 0 unspecified atom stereocenters. The van der Waals surface area contributed by atoms with E-state index in [1.807, 2.05) is 13.8 Å². The van der Waals surface area contributed by atoms with Gasteiger partial charge >= 0.3 is 0 Å². The van der Waals surface area contributed by atoms with Crippen molar-refractivity contribution in [2.75, 3.05) is 11.9 Å². The zero-order valence-electron chi connectivity index (χ0n) is 12.1. The van der Waals surface area contributed by atoms with Gasteiger partial charge in [0.05, 0.1) is 12.2 Å². The summed E-state index contributed by atoms with van der Waals surface area (Å²) < 4.78 is 5.52. The number of rotatable bonds is 4. The minimum Gasteiger partial charge on any atom is -0.478 e. The third-order valence-corrected chi connectivity index (χ3v) is 3.76. The van der Waals surface area contributed by atoms with Crippen molar-refractivity contribution < 1.29 is 4.74 Å². The van der Waals surface area contributed by atoms with E-state index >= 15 is 0 Å². The van der Waals surface area contributed by atoms with E-state index in [0.717, 1.165) is 11.4 Å². The van der Waals surface area contributed by atoms with Crippen molar-refractivity contribution in [3.05, 3.63) is 11.9 Å². The lowest BCUT2D eigenvalue weighted by atomic mass is 9.96. The van der Waals surface area contributed by atoms with Crippen molar-refractivity contribution in [2.45, 2.75) is 64.8 Å². The number of hydrogen-bond acceptors (Lipinski definition) is 4. The molecular formula is C15H25N3O. The predicted molar refractivity (Wildman–Crippen MR) is 77.7 cm³/mol. The largest absolute Gasteiger partial charge is 0.478 e. The molecule has 1 aromatic heterocycles. The Hall–Kier alpha value is -1.32. The first-order chi connectivity index (χ1) is 9.31. The second kappa shape index (κ2) is 7.31. The zero-order valence-corrected chi connectivity index (χ0v) is 12.1. The Bertz CT molecular complexity index is 387. The van der Waals surface area contributed by atoms with Crippen LogP contribution in [-0.2, 0) is 0 Å². The van der Waals surface area contributed by atoms with Crippen LogP contribution in [0.5, 0.6) is 5.88 Å². The number of anilines is 1. The first kappa shape index (κ1) is 14.1. The van der Waals surface area contributed by atoms with Gasteiger partial charge in [-0.2, -0.15) is 0 Å². The molecule has 0 aromatic carbocycles. The Morgan fingerprint density at radius 2 is 1.84 bits per heavy atom. The van der Waals surface area contributed by atoms with Crippen LogP contribution in [0.4, 0.5) is 5.82 Å². The van der Waals surface area contributed by atoms with Crippen LogP contribution in [0.3, 0.4) is 0 Å². The van der Waals surface area contributed by atoms with E-state index in [-0.39, 0.29) is 0 Å². The molecular weight excluding hydrogens is 238 g/mol. The molecule has 19 heavy (non-hydrogen) atoms. The average molecular weight is 263 g/mol. The summed E-state index contributed by atoms with van der Waals surface area (Å²) in [6, 6.07) is 0.545. The third kappa shape index (κ3) is 4.08. The Morgan fingerprint density at radius 1 is 1.16 bits per heavy atom. The average Bonchev–Trinajstić information content (AvgIpc) is 2.37. The first-order valence-electron chi connectivity index (χ1n) is 7.52. The second-order valence-corrected chi connectivity index (χ2v) is 5.27. The fourth-order valence-corrected chi connectivity index (χ4v) is 2.66. The number of hydrogen-bond donors (Lipinski definition) is 1. The normalized spacial score (nSPS) is 17.6. The summed E-state index contributed by atoms with van der Waals surface area (Å²) in [5, 5.41) is 3.58. The molecule has 106 valence electrons. The van der Waals surface area contributed by atoms with Crippen molar-refractivity contribution in [2.24, 2.45) is 0 Å². The SMILES string of the molecule is CCOc1ncnc(NC2CCCCCCC2)c1C. The molecule has 0 radical (unpaired) electrons. The third-order valence-electron chi connectivity index (χ3n) is 3.76. The van der Waals surface area contributed by atoms with Crippen LogP contribution in [0.25, 0.3) is 0 Å². The van der Waals surface area contributed by atoms with Crippen LogP contribution in [0.2, 0.25) is 0 Å². The van der Waals surface area contributed by atoms with Crippen molar-refractivity contribution in [3.63, 3.8) is 0 Å². The van der Waals surface area contributed by atoms with E-state index in [9.17, 15) is 0 Å². The molecule has 1 aromatic rings. The lowest BCUT2D eigenvalue weighted by Crippen LogP contribution is -2.22. The fraction of sp³-hybridized carbons (Fsp3) is 0.733. The Morgan fingerprint density at radius 3 is 2.53 bits per heavy atom. The molecule has 1 heterocycles. The highest BCUT2D eigenvalue weighted by atomic mass is 16.5. The van der Waals surface area contributed by atoms with Gasteiger partial charge in [0.25, 0.3) is 0 Å². The molecule has 1 N–H and O–H groups in total. The monoisotopic (exact) mass is 263 g/mol. The highest BCUT2D eigenvalue weighted by molar-refractivity contribution is 5.48. The number of nitrogens with zero attached hydrogens (tertiary/aromatic N) is 2. The van der Waals surface area contributed by atoms with Crippen LogP contribution in [0.1, 0.15) is 57.4 Å². The maximum Gasteiger partial charge on any atom is 0.221 e. The number of ether oxygens (including phenoxy) is 1. The predicted octanol–water partition coefficient (Wildman–Crippen LogP) is 3.71. The number of aromatic nitrogens is 2. The van der Waals surface area contributed by atoms with E-state index in [0.29, 0.717) is 18.5 Å². The molecule has 2 rings (SSSR count). The van der Waals surface area contributed by atoms with Crippen LogP contribution in [0.15, 0.2) is 6.33 Å². The Kier molecular flexibility index (Phi) is 5.43. The highest BCUT2D eigenvalue weighted by Gasteiger charge is 2.14. The van der Waals surface area contributed by atoms with Crippen LogP contribution in [0, 0.1) is 6.92 Å². The van der Waals surface area contributed by atoms with Gasteiger partial charge in [0.2, 0.25) is 5.88 Å². The standard InChI is InChI=1S/C15H25N3O/c1-3-19-15-12(2)14(16-11-17-15)18-13-9-7-5-4-6-8-10-13/h11,13H,3-10H2,1-2H3,(H,16,17,18). The fourth-order valence-electron chi connectivity index (χ4n) is 2.66. The summed E-state index contributed by atoms with van der Waals surface area (Å²) in [6.07, 6.45) is 10.8. The van der Waals surface area contributed by atoms with E-state index in [4.69, 9.17) is 4.74 Å². The Balaban J connectivity index is 2.02. The van der Waals surface area contributed by atoms with Gasteiger partial charge in [-0.25, -0.2) is 9.97 Å². The quantitative estimate of drug-likeness (QED) is 0.899. The van der Waals surface area contributed by atoms with Gasteiger partial charge < -0.3 is 10.1 Å². The van der Waals surface area contributed by atoms with Gasteiger partial charge in [-0.05, 0) is 26.7 Å². The van der Waals surface area contributed by atoms with Crippen LogP contribution >= 0.6 is 0 Å². The zero-order chi connectivity index (χ0) is 13.5. The van der Waals surface area contributed by atoms with E-state index in [1.54, 1.807) is 6.33 Å². The van der Waals surface area contributed by atoms with Crippen LogP contribution < -0.4 is 10.1 Å². The summed E-state index contributed by atoms with van der Waals surface area (Å²) in [5.41, 5.74) is 1.02. The van der Waals surface area contributed by atoms with Gasteiger partial charge in [0, 0.05) is 6.04 Å². The smallest absolute Gasteiger partial charge is 0.221 e. The molecule has 0 atom stereocenters. The van der Waals surface area contributed by atoms with Gasteiger partial charge in [-0.3, -0.25) is 0 Å². The molecule has 1 saturated carbocycles. The van der Waals surface area contributed by atoms with Crippen molar-refractivity contribution >= 4 is 5.82 Å². The summed E-state index contributed by atoms with van der Waals surface area (Å²) in [5.74, 6) is 1.63. The molecule has 0 spiro atoms. The van der Waals surface area contributed by atoms with Crippen molar-refractivity contribution in [1.82, 2.24) is 9.97 Å². The van der Waals surface area contributed by atoms with Gasteiger partial charge in [0.1, 0.15) is 12.1 Å². The lowest BCUT2D eigenvalue weighted by molar-refractivity contribution is 0.323. The molecule has 0 saturated heterocycles. The number of nitrogens with one attached hydrogen (secondary N) is 1. The summed E-state index contributed by atoms with van der Waals surface area (Å²) in [7, 11) is 0. The summed E-state index contributed by atoms with van der Waals surface area (Å²) in [4.78, 5) is 8.55. The van der Waals surface area contributed by atoms with Gasteiger partial charge in [-0.1, -0.05) is 32.1 Å². The lowest BCUT2D eigenvalue weighted by Gasteiger charge is -2.22. The minimum atomic E-state index is 0.545. The minimum absolute atomic E-state index is 0.545. The van der Waals surface area contributed by atoms with Crippen molar-refractivity contribution in [1.29, 1.82) is 0 Å². The van der Waals surface area contributed by atoms with Crippen molar-refractivity contribution in [3.8, 4) is 5.88 Å². The summed E-state index contributed by atoms with van der Waals surface area (Å²) in [6.45, 7) is 4.64. The molecule has 1 fully saturated rings. The highest BCUT2D eigenvalue weighted by Crippen LogP contribution is 2.24. The molecule has 0 aliphatic heterocycles. The van der Waals surface area contributed by atoms with E-state index < -0.39 is 0 Å². The topological polar surface area (TPSA) is 47.0 Å². The first-order valence-corrected chi connectivity index (χ1v) is 7.52.